The number of aryl methyl sites for hydroxylation is 1. The van der Waals surface area contributed by atoms with Gasteiger partial charge in [-0.25, -0.2) is 0 Å². The molecule has 1 rings (SSSR count). The molecule has 0 amide bonds. The maximum atomic E-state index is 11.7. The van der Waals surface area contributed by atoms with Crippen molar-refractivity contribution in [2.24, 2.45) is 0 Å². The Morgan fingerprint density at radius 2 is 2.13 bits per heavy atom. The quantitative estimate of drug-likeness (QED) is 0.498. The van der Waals surface area contributed by atoms with Gasteiger partial charge in [0, 0.05) is 6.92 Å². The molecule has 5 heteroatoms. The molecule has 5 nitrogen and oxygen atoms in total. The molecule has 0 spiro atoms. The second-order valence-electron chi connectivity index (χ2n) is 3.66. The van der Waals surface area contributed by atoms with Crippen LogP contribution in [-0.2, 0) is 0 Å². The van der Waals surface area contributed by atoms with Crippen LogP contribution in [0, 0.1) is 6.92 Å². The van der Waals surface area contributed by atoms with E-state index in [9.17, 15) is 4.79 Å². The van der Waals surface area contributed by atoms with E-state index in [-0.39, 0.29) is 11.5 Å². The van der Waals surface area contributed by atoms with Crippen molar-refractivity contribution in [1.82, 2.24) is 5.32 Å². The minimum atomic E-state index is -2.07. The predicted octanol–water partition coefficient (Wildman–Crippen LogP) is 0.407. The molecule has 0 bridgehead atoms. The van der Waals surface area contributed by atoms with E-state index in [0.29, 0.717) is 5.76 Å². The van der Waals surface area contributed by atoms with Crippen molar-refractivity contribution >= 4 is 5.78 Å². The number of hydrogen-bond donors (Lipinski definition) is 3. The van der Waals surface area contributed by atoms with Gasteiger partial charge < -0.3 is 14.6 Å². The molecule has 0 aliphatic heterocycles. The van der Waals surface area contributed by atoms with Crippen LogP contribution in [0.5, 0.6) is 0 Å². The monoisotopic (exact) mass is 213 g/mol. The number of carbonyl (C=O) groups is 1. The molecule has 0 saturated heterocycles. The molecule has 3 N–H and O–H groups in total. The molecule has 15 heavy (non-hydrogen) atoms. The van der Waals surface area contributed by atoms with Crippen LogP contribution in [0.2, 0.25) is 0 Å². The molecular formula is C10H15NO4. The topological polar surface area (TPSA) is 82.7 Å². The lowest BCUT2D eigenvalue weighted by molar-refractivity contribution is -0.172. The summed E-state index contributed by atoms with van der Waals surface area (Å²) < 4.78 is 5.13. The molecule has 0 aliphatic rings. The van der Waals surface area contributed by atoms with Crippen molar-refractivity contribution in [3.8, 4) is 0 Å². The van der Waals surface area contributed by atoms with E-state index < -0.39 is 12.0 Å². The maximum absolute atomic E-state index is 11.7. The van der Waals surface area contributed by atoms with Gasteiger partial charge in [-0.3, -0.25) is 10.1 Å². The van der Waals surface area contributed by atoms with Crippen LogP contribution in [0.1, 0.15) is 30.2 Å². The first-order chi connectivity index (χ1) is 6.79. The molecule has 1 atom stereocenters. The molecule has 0 saturated carbocycles. The highest BCUT2D eigenvalue weighted by Crippen LogP contribution is 2.10. The summed E-state index contributed by atoms with van der Waals surface area (Å²) in [5.41, 5.74) is 0. The number of furan rings is 1. The lowest BCUT2D eigenvalue weighted by Gasteiger charge is -2.21. The summed E-state index contributed by atoms with van der Waals surface area (Å²) in [4.78, 5) is 11.7. The van der Waals surface area contributed by atoms with Crippen molar-refractivity contribution in [3.05, 3.63) is 23.7 Å². The average molecular weight is 213 g/mol. The van der Waals surface area contributed by atoms with E-state index in [1.165, 1.54) is 6.92 Å². The van der Waals surface area contributed by atoms with Gasteiger partial charge in [0.2, 0.25) is 11.7 Å². The average Bonchev–Trinajstić information content (AvgIpc) is 2.47. The van der Waals surface area contributed by atoms with Crippen LogP contribution in [-0.4, -0.2) is 27.9 Å². The fraction of sp³-hybridized carbons (Fsp3) is 0.500. The molecule has 0 fully saturated rings. The lowest BCUT2D eigenvalue weighted by atomic mass is 10.1. The van der Waals surface area contributed by atoms with Crippen LogP contribution in [0.4, 0.5) is 0 Å². The Hall–Kier alpha value is -1.17. The van der Waals surface area contributed by atoms with Crippen LogP contribution in [0.15, 0.2) is 16.5 Å². The highest BCUT2D eigenvalue weighted by molar-refractivity contribution is 5.97. The second kappa shape index (κ2) is 4.14. The molecule has 0 radical (unpaired) electrons. The molecule has 0 aromatic carbocycles. The minimum absolute atomic E-state index is 0.205. The summed E-state index contributed by atoms with van der Waals surface area (Å²) in [5, 5.41) is 20.4. The van der Waals surface area contributed by atoms with Crippen molar-refractivity contribution in [1.29, 1.82) is 0 Å². The molecule has 84 valence electrons. The van der Waals surface area contributed by atoms with Crippen molar-refractivity contribution in [2.45, 2.75) is 32.7 Å². The Morgan fingerprint density at radius 1 is 1.53 bits per heavy atom. The first-order valence-electron chi connectivity index (χ1n) is 4.62. The highest BCUT2D eigenvalue weighted by Gasteiger charge is 2.25. The molecular weight excluding hydrogens is 198 g/mol. The van der Waals surface area contributed by atoms with Crippen molar-refractivity contribution in [2.75, 3.05) is 0 Å². The summed E-state index contributed by atoms with van der Waals surface area (Å²) in [5.74, 6) is -1.55. The van der Waals surface area contributed by atoms with E-state index in [2.05, 4.69) is 5.32 Å². The van der Waals surface area contributed by atoms with Crippen LogP contribution < -0.4 is 5.32 Å². The third kappa shape index (κ3) is 3.47. The molecule has 1 aromatic rings. The van der Waals surface area contributed by atoms with Crippen LogP contribution >= 0.6 is 0 Å². The van der Waals surface area contributed by atoms with E-state index in [0.717, 1.165) is 6.92 Å². The summed E-state index contributed by atoms with van der Waals surface area (Å²) in [6.45, 7) is 4.41. The van der Waals surface area contributed by atoms with Gasteiger partial charge >= 0.3 is 0 Å². The number of rotatable bonds is 4. The van der Waals surface area contributed by atoms with Gasteiger partial charge in [-0.15, -0.1) is 0 Å². The predicted molar refractivity (Wildman–Crippen MR) is 53.2 cm³/mol. The van der Waals surface area contributed by atoms with Gasteiger partial charge in [-0.1, -0.05) is 0 Å². The van der Waals surface area contributed by atoms with Crippen LogP contribution in [0.3, 0.4) is 0 Å². The Labute approximate surface area is 87.7 Å². The Bertz CT molecular complexity index is 351. The van der Waals surface area contributed by atoms with Gasteiger partial charge in [0.1, 0.15) is 5.76 Å². The van der Waals surface area contributed by atoms with Gasteiger partial charge in [0.25, 0.3) is 0 Å². The van der Waals surface area contributed by atoms with Gasteiger partial charge in [0.05, 0.1) is 6.04 Å². The normalized spacial score (nSPS) is 13.9. The number of aliphatic hydroxyl groups is 2. The fourth-order valence-electron chi connectivity index (χ4n) is 1.26. The Kier molecular flexibility index (Phi) is 3.28. The van der Waals surface area contributed by atoms with Crippen LogP contribution in [0.25, 0.3) is 0 Å². The van der Waals surface area contributed by atoms with E-state index >= 15 is 0 Å². The SMILES string of the molecule is Cc1ccc(C(=O)C(C)NC(C)(O)O)o1. The van der Waals surface area contributed by atoms with E-state index in [1.54, 1.807) is 19.1 Å². The largest absolute Gasteiger partial charge is 0.458 e. The summed E-state index contributed by atoms with van der Waals surface area (Å²) in [7, 11) is 0. The molecule has 0 aliphatic carbocycles. The van der Waals surface area contributed by atoms with E-state index in [4.69, 9.17) is 14.6 Å². The maximum Gasteiger partial charge on any atom is 0.219 e. The van der Waals surface area contributed by atoms with Gasteiger partial charge in [-0.2, -0.15) is 0 Å². The van der Waals surface area contributed by atoms with E-state index in [1.807, 2.05) is 0 Å². The zero-order valence-electron chi connectivity index (χ0n) is 8.94. The molecule has 1 unspecified atom stereocenters. The molecule has 1 aromatic heterocycles. The number of carbonyl (C=O) groups excluding carboxylic acids is 1. The first kappa shape index (κ1) is 11.9. The zero-order valence-corrected chi connectivity index (χ0v) is 8.94. The Balaban J connectivity index is 2.69. The minimum Gasteiger partial charge on any atom is -0.458 e. The highest BCUT2D eigenvalue weighted by atomic mass is 16.5. The number of nitrogens with one attached hydrogen (secondary N) is 1. The Morgan fingerprint density at radius 3 is 2.53 bits per heavy atom. The summed E-state index contributed by atoms with van der Waals surface area (Å²) in [6.07, 6.45) is 0. The summed E-state index contributed by atoms with van der Waals surface area (Å²) >= 11 is 0. The second-order valence-corrected chi connectivity index (χ2v) is 3.66. The third-order valence-corrected chi connectivity index (χ3v) is 1.87. The lowest BCUT2D eigenvalue weighted by Crippen LogP contribution is -2.49. The number of hydrogen-bond acceptors (Lipinski definition) is 5. The number of ketones is 1. The van der Waals surface area contributed by atoms with Crippen molar-refractivity contribution in [3.63, 3.8) is 0 Å². The summed E-state index contributed by atoms with van der Waals surface area (Å²) in [6, 6.07) is 2.51. The smallest absolute Gasteiger partial charge is 0.219 e. The standard InChI is InChI=1S/C10H15NO4/c1-6-4-5-8(15-6)9(12)7(2)11-10(3,13)14/h4-5,7,11,13-14H,1-3H3. The van der Waals surface area contributed by atoms with Gasteiger partial charge in [-0.05, 0) is 26.0 Å². The molecule has 1 heterocycles. The van der Waals surface area contributed by atoms with Crippen molar-refractivity contribution < 1.29 is 19.4 Å². The zero-order chi connectivity index (χ0) is 11.6. The third-order valence-electron chi connectivity index (χ3n) is 1.87. The fourth-order valence-corrected chi connectivity index (χ4v) is 1.26. The van der Waals surface area contributed by atoms with Gasteiger partial charge in [0.15, 0.2) is 5.76 Å². The number of Topliss-reactive ketones (excluding diaryl/α,β-unsaturated/α-hetero) is 1. The first-order valence-corrected chi connectivity index (χ1v) is 4.62.